The summed E-state index contributed by atoms with van der Waals surface area (Å²) in [4.78, 5) is 0. The molecule has 0 aromatic heterocycles. The van der Waals surface area contributed by atoms with Crippen LogP contribution >= 0.6 is 0 Å². The summed E-state index contributed by atoms with van der Waals surface area (Å²) in [5, 5.41) is 13.2. The van der Waals surface area contributed by atoms with Gasteiger partial charge in [0.15, 0.2) is 0 Å². The van der Waals surface area contributed by atoms with Crippen LogP contribution in [0.4, 0.5) is 13.2 Å². The van der Waals surface area contributed by atoms with Gasteiger partial charge in [0, 0.05) is 25.6 Å². The fraction of sp³-hybridized carbons (Fsp3) is 0.600. The molecule has 1 fully saturated rings. The van der Waals surface area contributed by atoms with Crippen LogP contribution in [0.25, 0.3) is 0 Å². The average Bonchev–Trinajstić information content (AvgIpc) is 2.75. The summed E-state index contributed by atoms with van der Waals surface area (Å²) in [6.07, 6.45) is -5.20. The minimum atomic E-state index is -4.27. The maximum atomic E-state index is 12.7. The van der Waals surface area contributed by atoms with Gasteiger partial charge < -0.3 is 15.2 Å². The van der Waals surface area contributed by atoms with Crippen molar-refractivity contribution in [1.82, 2.24) is 5.32 Å². The van der Waals surface area contributed by atoms with Gasteiger partial charge in [-0.2, -0.15) is 13.2 Å². The molecular weight excluding hydrogens is 283 g/mol. The Morgan fingerprint density at radius 2 is 2.05 bits per heavy atom. The van der Waals surface area contributed by atoms with Gasteiger partial charge in [0.25, 0.3) is 0 Å². The van der Waals surface area contributed by atoms with Gasteiger partial charge in [-0.1, -0.05) is 30.3 Å². The monoisotopic (exact) mass is 303 g/mol. The Morgan fingerprint density at radius 1 is 1.38 bits per heavy atom. The SMILES string of the molecule is CC1OCCC1(O)CNC(CC(F)(F)F)c1ccccc1. The Bertz CT molecular complexity index is 452. The number of hydrogen-bond donors (Lipinski definition) is 2. The third-order valence-electron chi connectivity index (χ3n) is 3.95. The quantitative estimate of drug-likeness (QED) is 0.879. The Hall–Kier alpha value is -1.11. The fourth-order valence-electron chi connectivity index (χ4n) is 2.53. The molecule has 3 atom stereocenters. The molecule has 1 aromatic carbocycles. The second-order valence-electron chi connectivity index (χ2n) is 5.53. The summed E-state index contributed by atoms with van der Waals surface area (Å²) in [7, 11) is 0. The summed E-state index contributed by atoms with van der Waals surface area (Å²) in [5.41, 5.74) is -0.552. The van der Waals surface area contributed by atoms with Crippen LogP contribution in [0, 0.1) is 0 Å². The molecule has 3 nitrogen and oxygen atoms in total. The molecule has 0 saturated carbocycles. The van der Waals surface area contributed by atoms with Crippen LogP contribution in [0.5, 0.6) is 0 Å². The molecule has 1 heterocycles. The highest BCUT2D eigenvalue weighted by atomic mass is 19.4. The van der Waals surface area contributed by atoms with Gasteiger partial charge >= 0.3 is 6.18 Å². The van der Waals surface area contributed by atoms with E-state index < -0.39 is 24.2 Å². The van der Waals surface area contributed by atoms with Crippen LogP contribution in [0.15, 0.2) is 30.3 Å². The Labute approximate surface area is 122 Å². The van der Waals surface area contributed by atoms with Gasteiger partial charge in [-0.15, -0.1) is 0 Å². The molecular formula is C15H20F3NO2. The third kappa shape index (κ3) is 4.43. The number of ether oxygens (including phenoxy) is 1. The summed E-state index contributed by atoms with van der Waals surface area (Å²) in [5.74, 6) is 0. The smallest absolute Gasteiger partial charge is 0.386 e. The van der Waals surface area contributed by atoms with Gasteiger partial charge in [-0.25, -0.2) is 0 Å². The Morgan fingerprint density at radius 3 is 2.57 bits per heavy atom. The Balaban J connectivity index is 2.06. The lowest BCUT2D eigenvalue weighted by Gasteiger charge is -2.30. The number of benzene rings is 1. The molecule has 1 saturated heterocycles. The highest BCUT2D eigenvalue weighted by molar-refractivity contribution is 5.19. The maximum absolute atomic E-state index is 12.7. The molecule has 0 bridgehead atoms. The fourth-order valence-corrected chi connectivity index (χ4v) is 2.53. The van der Waals surface area contributed by atoms with E-state index >= 15 is 0 Å². The van der Waals surface area contributed by atoms with E-state index in [0.717, 1.165) is 0 Å². The molecule has 21 heavy (non-hydrogen) atoms. The Kier molecular flexibility index (Phi) is 4.91. The first kappa shape index (κ1) is 16.3. The molecule has 0 radical (unpaired) electrons. The lowest BCUT2D eigenvalue weighted by Crippen LogP contribution is -2.47. The minimum Gasteiger partial charge on any atom is -0.386 e. The topological polar surface area (TPSA) is 41.5 Å². The number of rotatable bonds is 5. The molecule has 0 amide bonds. The predicted octanol–water partition coefficient (Wildman–Crippen LogP) is 2.81. The molecule has 2 rings (SSSR count). The molecule has 1 aliphatic heterocycles. The lowest BCUT2D eigenvalue weighted by atomic mass is 9.95. The van der Waals surface area contributed by atoms with Gasteiger partial charge in [0.1, 0.15) is 5.60 Å². The van der Waals surface area contributed by atoms with Crippen molar-refractivity contribution in [2.24, 2.45) is 0 Å². The predicted molar refractivity (Wildman–Crippen MR) is 72.8 cm³/mol. The van der Waals surface area contributed by atoms with Gasteiger partial charge in [0.2, 0.25) is 0 Å². The van der Waals surface area contributed by atoms with E-state index in [4.69, 9.17) is 4.74 Å². The van der Waals surface area contributed by atoms with Gasteiger partial charge in [-0.05, 0) is 12.5 Å². The molecule has 2 N–H and O–H groups in total. The number of hydrogen-bond acceptors (Lipinski definition) is 3. The van der Waals surface area contributed by atoms with E-state index in [9.17, 15) is 18.3 Å². The van der Waals surface area contributed by atoms with Crippen LogP contribution in [0.1, 0.15) is 31.4 Å². The number of aliphatic hydroxyl groups is 1. The molecule has 3 unspecified atom stereocenters. The second-order valence-corrected chi connectivity index (χ2v) is 5.53. The average molecular weight is 303 g/mol. The van der Waals surface area contributed by atoms with E-state index in [1.165, 1.54) is 0 Å². The van der Waals surface area contributed by atoms with Crippen LogP contribution < -0.4 is 5.32 Å². The number of alkyl halides is 3. The second kappa shape index (κ2) is 6.34. The molecule has 1 aromatic rings. The van der Waals surface area contributed by atoms with E-state index in [-0.39, 0.29) is 12.6 Å². The molecule has 0 spiro atoms. The zero-order chi connectivity index (χ0) is 15.5. The third-order valence-corrected chi connectivity index (χ3v) is 3.95. The van der Waals surface area contributed by atoms with Crippen molar-refractivity contribution >= 4 is 0 Å². The summed E-state index contributed by atoms with van der Waals surface area (Å²) >= 11 is 0. The van der Waals surface area contributed by atoms with Crippen molar-refractivity contribution in [2.45, 2.75) is 43.7 Å². The van der Waals surface area contributed by atoms with Crippen LogP contribution in [0.2, 0.25) is 0 Å². The van der Waals surface area contributed by atoms with Crippen molar-refractivity contribution in [3.8, 4) is 0 Å². The van der Waals surface area contributed by atoms with E-state index in [1.54, 1.807) is 37.3 Å². The number of halogens is 3. The first-order valence-electron chi connectivity index (χ1n) is 6.99. The molecule has 0 aliphatic carbocycles. The first-order chi connectivity index (χ1) is 9.80. The normalized spacial score (nSPS) is 27.8. The molecule has 118 valence electrons. The standard InChI is InChI=1S/C15H20F3NO2/c1-11-14(20,7-8-21-11)10-19-13(9-15(16,17)18)12-5-3-2-4-6-12/h2-6,11,13,19-20H,7-10H2,1H3. The summed E-state index contributed by atoms with van der Waals surface area (Å²) in [6.45, 7) is 2.23. The van der Waals surface area contributed by atoms with Crippen LogP contribution in [-0.4, -0.2) is 36.1 Å². The zero-order valence-corrected chi connectivity index (χ0v) is 11.9. The summed E-state index contributed by atoms with van der Waals surface area (Å²) in [6, 6.07) is 7.61. The minimum absolute atomic E-state index is 0.0732. The molecule has 1 aliphatic rings. The van der Waals surface area contributed by atoms with E-state index in [0.29, 0.717) is 18.6 Å². The van der Waals surface area contributed by atoms with E-state index in [1.807, 2.05) is 0 Å². The van der Waals surface area contributed by atoms with Gasteiger partial charge in [0.05, 0.1) is 12.5 Å². The molecule has 6 heteroatoms. The van der Waals surface area contributed by atoms with Crippen LogP contribution in [-0.2, 0) is 4.74 Å². The van der Waals surface area contributed by atoms with Crippen molar-refractivity contribution in [3.63, 3.8) is 0 Å². The first-order valence-corrected chi connectivity index (χ1v) is 6.99. The summed E-state index contributed by atoms with van der Waals surface area (Å²) < 4.78 is 43.5. The van der Waals surface area contributed by atoms with Crippen molar-refractivity contribution in [3.05, 3.63) is 35.9 Å². The maximum Gasteiger partial charge on any atom is 0.390 e. The lowest BCUT2D eigenvalue weighted by molar-refractivity contribution is -0.141. The largest absolute Gasteiger partial charge is 0.390 e. The van der Waals surface area contributed by atoms with Gasteiger partial charge in [-0.3, -0.25) is 0 Å². The highest BCUT2D eigenvalue weighted by Gasteiger charge is 2.40. The van der Waals surface area contributed by atoms with Crippen molar-refractivity contribution in [1.29, 1.82) is 0 Å². The highest BCUT2D eigenvalue weighted by Crippen LogP contribution is 2.31. The van der Waals surface area contributed by atoms with E-state index in [2.05, 4.69) is 5.32 Å². The van der Waals surface area contributed by atoms with Crippen LogP contribution in [0.3, 0.4) is 0 Å². The van der Waals surface area contributed by atoms with Crippen molar-refractivity contribution < 1.29 is 23.0 Å². The zero-order valence-electron chi connectivity index (χ0n) is 11.9. The number of nitrogens with one attached hydrogen (secondary N) is 1. The van der Waals surface area contributed by atoms with Crippen molar-refractivity contribution in [2.75, 3.05) is 13.2 Å².